The number of pyridine rings is 2. The summed E-state index contributed by atoms with van der Waals surface area (Å²) in [5.41, 5.74) is 4.70. The van der Waals surface area contributed by atoms with E-state index in [2.05, 4.69) is 58.5 Å². The van der Waals surface area contributed by atoms with Gasteiger partial charge in [-0.2, -0.15) is 0 Å². The van der Waals surface area contributed by atoms with Crippen molar-refractivity contribution >= 4 is 56.3 Å². The van der Waals surface area contributed by atoms with Crippen LogP contribution < -0.4 is 10.6 Å². The van der Waals surface area contributed by atoms with Crippen molar-refractivity contribution in [3.63, 3.8) is 0 Å². The molecule has 0 aliphatic carbocycles. The molecule has 7 rings (SSSR count). The molecule has 4 aromatic heterocycles. The lowest BCUT2D eigenvalue weighted by molar-refractivity contribution is 0.0936. The van der Waals surface area contributed by atoms with E-state index in [-0.39, 0.29) is 11.8 Å². The maximum atomic E-state index is 13.3. The van der Waals surface area contributed by atoms with E-state index in [1.54, 1.807) is 22.7 Å². The van der Waals surface area contributed by atoms with E-state index in [4.69, 9.17) is 9.97 Å². The van der Waals surface area contributed by atoms with Crippen LogP contribution in [0.15, 0.2) is 84.9 Å². The predicted octanol–water partition coefficient (Wildman–Crippen LogP) is 7.41. The first kappa shape index (κ1) is 34.0. The number of hydrogen-bond donors (Lipinski definition) is 2. The minimum absolute atomic E-state index is 0.0508. The van der Waals surface area contributed by atoms with Gasteiger partial charge in [-0.05, 0) is 88.3 Å². The number of carbonyl (C=O) groups is 2. The number of aromatic nitrogens is 2. The number of fused-ring (bicyclic) bond motifs is 2. The van der Waals surface area contributed by atoms with Crippen LogP contribution in [-0.2, 0) is 0 Å². The van der Waals surface area contributed by atoms with Crippen LogP contribution in [0.3, 0.4) is 0 Å². The predicted molar refractivity (Wildman–Crippen MR) is 206 cm³/mol. The molecule has 5 heterocycles. The summed E-state index contributed by atoms with van der Waals surface area (Å²) < 4.78 is 0. The normalized spacial score (nSPS) is 14.0. The number of piperazine rings is 1. The van der Waals surface area contributed by atoms with Gasteiger partial charge in [0.1, 0.15) is 0 Å². The van der Waals surface area contributed by atoms with Crippen LogP contribution in [0.2, 0.25) is 0 Å². The number of nitrogens with one attached hydrogen (secondary N) is 2. The van der Waals surface area contributed by atoms with Gasteiger partial charge in [0.15, 0.2) is 0 Å². The van der Waals surface area contributed by atoms with E-state index >= 15 is 0 Å². The van der Waals surface area contributed by atoms with E-state index in [1.807, 2.05) is 60.7 Å². The Bertz CT molecular complexity index is 1980. The van der Waals surface area contributed by atoms with Gasteiger partial charge in [0, 0.05) is 59.8 Å². The Hall–Kier alpha value is -4.48. The largest absolute Gasteiger partial charge is 0.352 e. The van der Waals surface area contributed by atoms with Gasteiger partial charge in [-0.15, -0.1) is 22.7 Å². The summed E-state index contributed by atoms with van der Waals surface area (Å²) in [6.45, 7) is 11.4. The van der Waals surface area contributed by atoms with Crippen molar-refractivity contribution in [1.29, 1.82) is 0 Å². The highest BCUT2D eigenvalue weighted by atomic mass is 32.1. The van der Waals surface area contributed by atoms with Crippen LogP contribution in [0.1, 0.15) is 43.3 Å². The minimum Gasteiger partial charge on any atom is -0.352 e. The van der Waals surface area contributed by atoms with Gasteiger partial charge in [-0.25, -0.2) is 9.97 Å². The average Bonchev–Trinajstić information content (AvgIpc) is 3.79. The van der Waals surface area contributed by atoms with Gasteiger partial charge in [-0.3, -0.25) is 9.59 Å². The Kier molecular flexibility index (Phi) is 10.6. The van der Waals surface area contributed by atoms with E-state index < -0.39 is 0 Å². The number of carbonyl (C=O) groups excluding carboxylic acids is 2. The average molecular weight is 703 g/mol. The molecule has 8 nitrogen and oxygen atoms in total. The molecule has 6 aromatic rings. The van der Waals surface area contributed by atoms with E-state index in [0.717, 1.165) is 95.1 Å². The molecule has 2 amide bonds. The SMILES string of the molecule is Cc1ccc(-c2cc(C(=O)NCCCN3CCN(CCCNC(=O)c4cc(-c5ccc(C)s5)nc5ccccc45)CC3)c3ccccc3n2)s1. The molecule has 1 fully saturated rings. The molecule has 1 saturated heterocycles. The Balaban J connectivity index is 0.842. The summed E-state index contributed by atoms with van der Waals surface area (Å²) in [6.07, 6.45) is 1.80. The molecular formula is C40H42N6O2S2. The number of hydrogen-bond acceptors (Lipinski definition) is 8. The van der Waals surface area contributed by atoms with Crippen molar-refractivity contribution < 1.29 is 9.59 Å². The Morgan fingerprint density at radius 3 is 1.44 bits per heavy atom. The van der Waals surface area contributed by atoms with E-state index in [0.29, 0.717) is 24.2 Å². The van der Waals surface area contributed by atoms with Crippen LogP contribution in [0, 0.1) is 13.8 Å². The summed E-state index contributed by atoms with van der Waals surface area (Å²) in [4.78, 5) is 45.9. The summed E-state index contributed by atoms with van der Waals surface area (Å²) in [5.74, 6) is -0.102. The number of aryl methyl sites for hydroxylation is 2. The molecule has 0 atom stereocenters. The van der Waals surface area contributed by atoms with Crippen molar-refractivity contribution in [2.45, 2.75) is 26.7 Å². The van der Waals surface area contributed by atoms with Crippen LogP contribution in [0.5, 0.6) is 0 Å². The van der Waals surface area contributed by atoms with Crippen LogP contribution in [0.25, 0.3) is 42.9 Å². The first-order valence-corrected chi connectivity index (χ1v) is 19.0. The third-order valence-electron chi connectivity index (χ3n) is 9.25. The molecule has 256 valence electrons. The van der Waals surface area contributed by atoms with Crippen molar-refractivity contribution in [2.24, 2.45) is 0 Å². The molecule has 0 radical (unpaired) electrons. The summed E-state index contributed by atoms with van der Waals surface area (Å²) in [7, 11) is 0. The van der Waals surface area contributed by atoms with Gasteiger partial charge < -0.3 is 20.4 Å². The first-order valence-electron chi connectivity index (χ1n) is 17.4. The second-order valence-electron chi connectivity index (χ2n) is 12.9. The maximum absolute atomic E-state index is 13.3. The smallest absolute Gasteiger partial charge is 0.252 e. The maximum Gasteiger partial charge on any atom is 0.252 e. The summed E-state index contributed by atoms with van der Waals surface area (Å²) in [5, 5.41) is 8.08. The van der Waals surface area contributed by atoms with E-state index in [9.17, 15) is 9.59 Å². The van der Waals surface area contributed by atoms with Crippen LogP contribution in [0.4, 0.5) is 0 Å². The Morgan fingerprint density at radius 2 is 1.04 bits per heavy atom. The zero-order valence-electron chi connectivity index (χ0n) is 28.6. The molecule has 10 heteroatoms. The fourth-order valence-corrected chi connectivity index (χ4v) is 8.22. The molecule has 2 aromatic carbocycles. The minimum atomic E-state index is -0.0508. The molecule has 1 aliphatic heterocycles. The zero-order valence-corrected chi connectivity index (χ0v) is 30.2. The second kappa shape index (κ2) is 15.6. The lowest BCUT2D eigenvalue weighted by Crippen LogP contribution is -2.47. The Labute approximate surface area is 301 Å². The quantitative estimate of drug-likeness (QED) is 0.129. The highest BCUT2D eigenvalue weighted by Crippen LogP contribution is 2.31. The third-order valence-corrected chi connectivity index (χ3v) is 11.3. The van der Waals surface area contributed by atoms with Crippen molar-refractivity contribution in [1.82, 2.24) is 30.4 Å². The highest BCUT2D eigenvalue weighted by Gasteiger charge is 2.19. The third kappa shape index (κ3) is 7.94. The fourth-order valence-electron chi connectivity index (χ4n) is 6.56. The number of benzene rings is 2. The van der Waals surface area contributed by atoms with Crippen molar-refractivity contribution in [2.75, 3.05) is 52.4 Å². The lowest BCUT2D eigenvalue weighted by Gasteiger charge is -2.34. The van der Waals surface area contributed by atoms with Crippen molar-refractivity contribution in [3.8, 4) is 21.1 Å². The monoisotopic (exact) mass is 702 g/mol. The van der Waals surface area contributed by atoms with E-state index in [1.165, 1.54) is 9.75 Å². The van der Waals surface area contributed by atoms with Gasteiger partial charge in [-0.1, -0.05) is 36.4 Å². The van der Waals surface area contributed by atoms with Crippen LogP contribution in [-0.4, -0.2) is 83.9 Å². The van der Waals surface area contributed by atoms with Gasteiger partial charge in [0.2, 0.25) is 0 Å². The molecule has 2 N–H and O–H groups in total. The summed E-state index contributed by atoms with van der Waals surface area (Å²) >= 11 is 3.38. The van der Waals surface area contributed by atoms with Crippen LogP contribution >= 0.6 is 22.7 Å². The fraction of sp³-hybridized carbons (Fsp3) is 0.300. The molecule has 50 heavy (non-hydrogen) atoms. The summed E-state index contributed by atoms with van der Waals surface area (Å²) in [6, 6.07) is 27.9. The number of nitrogens with zero attached hydrogens (tertiary/aromatic N) is 4. The van der Waals surface area contributed by atoms with Crippen molar-refractivity contribution in [3.05, 3.63) is 106 Å². The number of rotatable bonds is 12. The number of thiophene rings is 2. The number of para-hydroxylation sites is 2. The standard InChI is InChI=1S/C40H42N6O2S2/c1-27-13-15-37(49-27)35-25-31(29-9-3-5-11-33(29)43-35)39(47)41-17-7-19-45-21-23-46(24-22-45)20-8-18-42-40(48)32-26-36(38-16-14-28(2)50-38)44-34-12-6-4-10-30(32)34/h3-6,9-16,25-26H,7-8,17-24H2,1-2H3,(H,41,47)(H,42,48). The highest BCUT2D eigenvalue weighted by molar-refractivity contribution is 7.15. The molecule has 0 unspecified atom stereocenters. The molecule has 0 bridgehead atoms. The lowest BCUT2D eigenvalue weighted by atomic mass is 10.1. The topological polar surface area (TPSA) is 90.5 Å². The zero-order chi connectivity index (χ0) is 34.5. The Morgan fingerprint density at radius 1 is 0.620 bits per heavy atom. The van der Waals surface area contributed by atoms with Gasteiger partial charge in [0.05, 0.1) is 43.3 Å². The number of amides is 2. The van der Waals surface area contributed by atoms with Gasteiger partial charge in [0.25, 0.3) is 11.8 Å². The molecular weight excluding hydrogens is 661 g/mol. The molecule has 0 spiro atoms. The molecule has 0 saturated carbocycles. The van der Waals surface area contributed by atoms with Gasteiger partial charge >= 0.3 is 0 Å². The molecule has 1 aliphatic rings. The second-order valence-corrected chi connectivity index (χ2v) is 15.4. The first-order chi connectivity index (χ1) is 24.4.